The SMILES string of the molecule is O=C(O)COc1ccc(S(=O)(=O)Nc2nccs2)cc1. The van der Waals surface area contributed by atoms with Crippen molar-refractivity contribution in [2.75, 3.05) is 11.3 Å². The molecule has 106 valence electrons. The van der Waals surface area contributed by atoms with E-state index in [4.69, 9.17) is 9.84 Å². The molecule has 2 N–H and O–H groups in total. The average molecular weight is 314 g/mol. The van der Waals surface area contributed by atoms with Gasteiger partial charge in [0, 0.05) is 11.6 Å². The van der Waals surface area contributed by atoms with Crippen LogP contribution in [0, 0.1) is 0 Å². The van der Waals surface area contributed by atoms with E-state index in [2.05, 4.69) is 9.71 Å². The highest BCUT2D eigenvalue weighted by Gasteiger charge is 2.15. The second-order valence-corrected chi connectivity index (χ2v) is 6.17. The topological polar surface area (TPSA) is 106 Å². The summed E-state index contributed by atoms with van der Waals surface area (Å²) in [5.74, 6) is -0.826. The molecule has 0 spiro atoms. The van der Waals surface area contributed by atoms with Crippen molar-refractivity contribution in [2.45, 2.75) is 4.90 Å². The van der Waals surface area contributed by atoms with Crippen molar-refractivity contribution in [2.24, 2.45) is 0 Å². The number of carbonyl (C=O) groups is 1. The molecular formula is C11H10N2O5S2. The quantitative estimate of drug-likeness (QED) is 0.835. The monoisotopic (exact) mass is 314 g/mol. The smallest absolute Gasteiger partial charge is 0.341 e. The first-order valence-corrected chi connectivity index (χ1v) is 7.70. The van der Waals surface area contributed by atoms with Crippen LogP contribution in [0.3, 0.4) is 0 Å². The summed E-state index contributed by atoms with van der Waals surface area (Å²) in [5.41, 5.74) is 0. The summed E-state index contributed by atoms with van der Waals surface area (Å²) in [6, 6.07) is 5.43. The molecule has 0 saturated carbocycles. The van der Waals surface area contributed by atoms with Gasteiger partial charge in [0.2, 0.25) is 0 Å². The predicted molar refractivity (Wildman–Crippen MR) is 72.5 cm³/mol. The zero-order valence-corrected chi connectivity index (χ0v) is 11.6. The van der Waals surface area contributed by atoms with Gasteiger partial charge in [-0.2, -0.15) is 0 Å². The summed E-state index contributed by atoms with van der Waals surface area (Å²) >= 11 is 1.17. The fraction of sp³-hybridized carbons (Fsp3) is 0.0909. The molecule has 20 heavy (non-hydrogen) atoms. The molecule has 0 radical (unpaired) electrons. The van der Waals surface area contributed by atoms with Crippen LogP contribution >= 0.6 is 11.3 Å². The summed E-state index contributed by atoms with van der Waals surface area (Å²) in [5, 5.41) is 10.4. The largest absolute Gasteiger partial charge is 0.482 e. The molecule has 9 heteroatoms. The highest BCUT2D eigenvalue weighted by atomic mass is 32.2. The van der Waals surface area contributed by atoms with Crippen LogP contribution in [0.4, 0.5) is 5.13 Å². The summed E-state index contributed by atoms with van der Waals surface area (Å²) in [4.78, 5) is 14.2. The summed E-state index contributed by atoms with van der Waals surface area (Å²) in [6.45, 7) is -0.483. The Balaban J connectivity index is 2.10. The Hall–Kier alpha value is -2.13. The lowest BCUT2D eigenvalue weighted by atomic mass is 10.3. The minimum atomic E-state index is -3.71. The van der Waals surface area contributed by atoms with Gasteiger partial charge in [-0.3, -0.25) is 4.72 Å². The summed E-state index contributed by atoms with van der Waals surface area (Å²) in [6.07, 6.45) is 1.49. The number of aromatic nitrogens is 1. The van der Waals surface area contributed by atoms with E-state index in [1.807, 2.05) is 0 Å². The van der Waals surface area contributed by atoms with Crippen LogP contribution in [-0.2, 0) is 14.8 Å². The first kappa shape index (κ1) is 14.3. The Kier molecular flexibility index (Phi) is 4.20. The molecule has 1 aromatic heterocycles. The second kappa shape index (κ2) is 5.88. The molecule has 2 aromatic rings. The number of rotatable bonds is 6. The molecule has 0 fully saturated rings. The molecule has 0 unspecified atom stereocenters. The Morgan fingerprint density at radius 3 is 2.60 bits per heavy atom. The van der Waals surface area contributed by atoms with E-state index in [0.29, 0.717) is 0 Å². The number of nitrogens with one attached hydrogen (secondary N) is 1. The number of hydrogen-bond acceptors (Lipinski definition) is 6. The number of sulfonamides is 1. The molecule has 0 bridgehead atoms. The molecule has 0 atom stereocenters. The van der Waals surface area contributed by atoms with Crippen LogP contribution in [-0.4, -0.2) is 31.1 Å². The van der Waals surface area contributed by atoms with Crippen LogP contribution in [0.2, 0.25) is 0 Å². The van der Waals surface area contributed by atoms with Gasteiger partial charge in [0.25, 0.3) is 10.0 Å². The Morgan fingerprint density at radius 1 is 1.35 bits per heavy atom. The van der Waals surface area contributed by atoms with Crippen molar-refractivity contribution in [3.05, 3.63) is 35.8 Å². The maximum Gasteiger partial charge on any atom is 0.341 e. The molecule has 0 saturated heterocycles. The first-order chi connectivity index (χ1) is 9.47. The van der Waals surface area contributed by atoms with Gasteiger partial charge < -0.3 is 9.84 Å². The predicted octanol–water partition coefficient (Wildman–Crippen LogP) is 1.41. The van der Waals surface area contributed by atoms with Crippen molar-refractivity contribution in [3.63, 3.8) is 0 Å². The van der Waals surface area contributed by atoms with Gasteiger partial charge >= 0.3 is 5.97 Å². The van der Waals surface area contributed by atoms with E-state index in [9.17, 15) is 13.2 Å². The third kappa shape index (κ3) is 3.68. The average Bonchev–Trinajstić information content (AvgIpc) is 2.89. The van der Waals surface area contributed by atoms with Gasteiger partial charge in [0.05, 0.1) is 4.90 Å². The number of ether oxygens (including phenoxy) is 1. The van der Waals surface area contributed by atoms with E-state index in [-0.39, 0.29) is 15.8 Å². The number of aliphatic carboxylic acids is 1. The Labute approximate surface area is 118 Å². The number of benzene rings is 1. The Morgan fingerprint density at radius 2 is 2.05 bits per heavy atom. The number of nitrogens with zero attached hydrogens (tertiary/aromatic N) is 1. The van der Waals surface area contributed by atoms with Crippen molar-refractivity contribution in [3.8, 4) is 5.75 Å². The van der Waals surface area contributed by atoms with Crippen molar-refractivity contribution < 1.29 is 23.1 Å². The van der Waals surface area contributed by atoms with Gasteiger partial charge in [-0.15, -0.1) is 11.3 Å². The van der Waals surface area contributed by atoms with Gasteiger partial charge in [-0.05, 0) is 24.3 Å². The zero-order valence-electron chi connectivity index (χ0n) is 10.0. The molecular weight excluding hydrogens is 304 g/mol. The second-order valence-electron chi connectivity index (χ2n) is 3.60. The van der Waals surface area contributed by atoms with E-state index in [1.165, 1.54) is 41.8 Å². The van der Waals surface area contributed by atoms with Crippen molar-refractivity contribution in [1.82, 2.24) is 4.98 Å². The molecule has 0 aliphatic rings. The van der Waals surface area contributed by atoms with Crippen molar-refractivity contribution >= 4 is 32.5 Å². The first-order valence-electron chi connectivity index (χ1n) is 5.34. The van der Waals surface area contributed by atoms with Crippen LogP contribution in [0.1, 0.15) is 0 Å². The lowest BCUT2D eigenvalue weighted by molar-refractivity contribution is -0.139. The third-order valence-electron chi connectivity index (χ3n) is 2.15. The lowest BCUT2D eigenvalue weighted by Gasteiger charge is -2.07. The maximum absolute atomic E-state index is 12.0. The van der Waals surface area contributed by atoms with Gasteiger partial charge in [-0.1, -0.05) is 0 Å². The number of thiazole rings is 1. The van der Waals surface area contributed by atoms with Crippen LogP contribution < -0.4 is 9.46 Å². The lowest BCUT2D eigenvalue weighted by Crippen LogP contribution is -2.13. The van der Waals surface area contributed by atoms with E-state index in [1.54, 1.807) is 5.38 Å². The van der Waals surface area contributed by atoms with Gasteiger partial charge in [-0.25, -0.2) is 18.2 Å². The fourth-order valence-electron chi connectivity index (χ4n) is 1.31. The number of hydrogen-bond donors (Lipinski definition) is 2. The molecule has 1 heterocycles. The van der Waals surface area contributed by atoms with Crippen molar-refractivity contribution in [1.29, 1.82) is 0 Å². The van der Waals surface area contributed by atoms with Gasteiger partial charge in [0.15, 0.2) is 11.7 Å². The normalized spacial score (nSPS) is 11.0. The number of carboxylic acid groups (broad SMARTS) is 1. The van der Waals surface area contributed by atoms with Crippen LogP contribution in [0.15, 0.2) is 40.7 Å². The standard InChI is InChI=1S/C11H10N2O5S2/c14-10(15)7-18-8-1-3-9(4-2-8)20(16,17)13-11-12-5-6-19-11/h1-6H,7H2,(H,12,13)(H,14,15). The fourth-order valence-corrected chi connectivity index (χ4v) is 3.10. The summed E-state index contributed by atoms with van der Waals surface area (Å²) < 4.78 is 31.2. The molecule has 0 aliphatic carbocycles. The Bertz CT molecular complexity index is 680. The number of carboxylic acids is 1. The van der Waals surface area contributed by atoms with E-state index < -0.39 is 22.6 Å². The molecule has 1 aromatic carbocycles. The third-order valence-corrected chi connectivity index (χ3v) is 4.32. The highest BCUT2D eigenvalue weighted by molar-refractivity contribution is 7.93. The van der Waals surface area contributed by atoms with Crippen LogP contribution in [0.5, 0.6) is 5.75 Å². The summed E-state index contributed by atoms with van der Waals surface area (Å²) in [7, 11) is -3.71. The maximum atomic E-state index is 12.0. The molecule has 2 rings (SSSR count). The molecule has 0 amide bonds. The van der Waals surface area contributed by atoms with E-state index in [0.717, 1.165) is 0 Å². The molecule has 7 nitrogen and oxygen atoms in total. The highest BCUT2D eigenvalue weighted by Crippen LogP contribution is 2.20. The zero-order chi connectivity index (χ0) is 14.6. The van der Waals surface area contributed by atoms with E-state index >= 15 is 0 Å². The number of anilines is 1. The van der Waals surface area contributed by atoms with Crippen LogP contribution in [0.25, 0.3) is 0 Å². The minimum Gasteiger partial charge on any atom is -0.482 e. The minimum absolute atomic E-state index is 0.0374. The van der Waals surface area contributed by atoms with Gasteiger partial charge in [0.1, 0.15) is 5.75 Å². The molecule has 0 aliphatic heterocycles.